The summed E-state index contributed by atoms with van der Waals surface area (Å²) < 4.78 is 68.5. The summed E-state index contributed by atoms with van der Waals surface area (Å²) in [6.45, 7) is 0.323. The molecule has 0 bridgehead atoms. The third-order valence-corrected chi connectivity index (χ3v) is 4.33. The second-order valence-electron chi connectivity index (χ2n) is 5.55. The Kier molecular flexibility index (Phi) is 6.25. The van der Waals surface area contributed by atoms with E-state index in [9.17, 15) is 22.0 Å². The van der Waals surface area contributed by atoms with Crippen LogP contribution in [0.4, 0.5) is 22.0 Å². The molecule has 130 valence electrons. The highest BCUT2D eigenvalue weighted by Gasteiger charge is 2.41. The molecule has 0 aromatic heterocycles. The van der Waals surface area contributed by atoms with E-state index in [2.05, 4.69) is 15.9 Å². The molecule has 1 aromatic carbocycles. The van der Waals surface area contributed by atoms with Crippen molar-refractivity contribution in [2.75, 3.05) is 19.7 Å². The van der Waals surface area contributed by atoms with Crippen LogP contribution in [-0.2, 0) is 6.54 Å². The Bertz CT molecular complexity index is 515. The molecule has 0 aliphatic carbocycles. The van der Waals surface area contributed by atoms with Gasteiger partial charge in [0, 0.05) is 16.6 Å². The molecular formula is C15H17BrF5NO. The van der Waals surface area contributed by atoms with Gasteiger partial charge >= 0.3 is 6.18 Å². The van der Waals surface area contributed by atoms with E-state index >= 15 is 0 Å². The normalized spacial score (nSPS) is 17.7. The van der Waals surface area contributed by atoms with E-state index in [1.165, 1.54) is 0 Å². The van der Waals surface area contributed by atoms with Crippen LogP contribution in [0.15, 0.2) is 22.7 Å². The lowest BCUT2D eigenvalue weighted by Crippen LogP contribution is -2.38. The summed E-state index contributed by atoms with van der Waals surface area (Å²) in [5.74, 6) is -0.915. The lowest BCUT2D eigenvalue weighted by molar-refractivity contribution is -0.185. The predicted octanol–water partition coefficient (Wildman–Crippen LogP) is 4.87. The first kappa shape index (κ1) is 18.4. The van der Waals surface area contributed by atoms with Gasteiger partial charge in [-0.15, -0.1) is 0 Å². The number of alkyl halides is 5. The molecule has 1 fully saturated rings. The number of halogens is 6. The molecule has 0 spiro atoms. The molecule has 1 aromatic rings. The van der Waals surface area contributed by atoms with Crippen LogP contribution in [0.2, 0.25) is 0 Å². The van der Waals surface area contributed by atoms with Crippen LogP contribution in [0, 0.1) is 5.92 Å². The Morgan fingerprint density at radius 3 is 2.43 bits per heavy atom. The number of rotatable bonds is 5. The Balaban J connectivity index is 1.98. The number of benzene rings is 1. The fraction of sp³-hybridized carbons (Fsp3) is 0.600. The minimum Gasteiger partial charge on any atom is -0.487 e. The molecule has 2 nitrogen and oxygen atoms in total. The summed E-state index contributed by atoms with van der Waals surface area (Å²) >= 11 is 3.31. The van der Waals surface area contributed by atoms with Gasteiger partial charge in [-0.2, -0.15) is 13.2 Å². The molecule has 1 aliphatic rings. The number of likely N-dealkylation sites (tertiary alicyclic amines) is 1. The van der Waals surface area contributed by atoms with Gasteiger partial charge < -0.3 is 4.74 Å². The minimum absolute atomic E-state index is 0.0602. The minimum atomic E-state index is -4.15. The quantitative estimate of drug-likeness (QED) is 0.652. The molecule has 0 radical (unpaired) electrons. The zero-order valence-electron chi connectivity index (χ0n) is 12.3. The molecule has 0 amide bonds. The third kappa shape index (κ3) is 5.60. The van der Waals surface area contributed by atoms with Crippen molar-refractivity contribution in [1.29, 1.82) is 0 Å². The van der Waals surface area contributed by atoms with Crippen molar-refractivity contribution in [3.8, 4) is 5.75 Å². The summed E-state index contributed by atoms with van der Waals surface area (Å²) in [6.07, 6.45) is -6.60. The van der Waals surface area contributed by atoms with Crippen LogP contribution < -0.4 is 4.74 Å². The van der Waals surface area contributed by atoms with Crippen molar-refractivity contribution < 1.29 is 26.7 Å². The summed E-state index contributed by atoms with van der Waals surface area (Å²) in [4.78, 5) is 1.89. The standard InChI is InChI=1S/C15H17BrF5NO/c16-12-1-2-13(23-9-14(17)18)10(7-12)8-22-5-3-11(4-6-22)15(19,20)21/h1-2,7,11,14H,3-6,8-9H2. The maximum absolute atomic E-state index is 12.7. The van der Waals surface area contributed by atoms with Gasteiger partial charge in [0.15, 0.2) is 0 Å². The van der Waals surface area contributed by atoms with Gasteiger partial charge in [-0.1, -0.05) is 15.9 Å². The smallest absolute Gasteiger partial charge is 0.391 e. The van der Waals surface area contributed by atoms with E-state index in [-0.39, 0.29) is 12.8 Å². The van der Waals surface area contributed by atoms with E-state index in [1.807, 2.05) is 4.90 Å². The predicted molar refractivity (Wildman–Crippen MR) is 79.7 cm³/mol. The summed E-state index contributed by atoms with van der Waals surface area (Å²) in [5.41, 5.74) is 0.686. The Hall–Kier alpha value is -0.890. The van der Waals surface area contributed by atoms with Crippen molar-refractivity contribution in [2.45, 2.75) is 32.0 Å². The summed E-state index contributed by atoms with van der Waals surface area (Å²) in [7, 11) is 0. The fourth-order valence-electron chi connectivity index (χ4n) is 2.62. The Morgan fingerprint density at radius 2 is 1.87 bits per heavy atom. The Morgan fingerprint density at radius 1 is 1.22 bits per heavy atom. The fourth-order valence-corrected chi connectivity index (χ4v) is 3.03. The van der Waals surface area contributed by atoms with Crippen molar-refractivity contribution >= 4 is 15.9 Å². The molecule has 1 heterocycles. The van der Waals surface area contributed by atoms with Crippen LogP contribution in [0.5, 0.6) is 5.75 Å². The lowest BCUT2D eigenvalue weighted by atomic mass is 9.96. The van der Waals surface area contributed by atoms with Crippen LogP contribution >= 0.6 is 15.9 Å². The van der Waals surface area contributed by atoms with Gasteiger partial charge in [-0.3, -0.25) is 4.90 Å². The average molecular weight is 402 g/mol. The van der Waals surface area contributed by atoms with E-state index in [4.69, 9.17) is 4.74 Å². The van der Waals surface area contributed by atoms with E-state index < -0.39 is 25.1 Å². The molecule has 0 atom stereocenters. The number of hydrogen-bond donors (Lipinski definition) is 0. The molecule has 2 rings (SSSR count). The van der Waals surface area contributed by atoms with Crippen LogP contribution in [-0.4, -0.2) is 37.2 Å². The highest BCUT2D eigenvalue weighted by molar-refractivity contribution is 9.10. The number of ether oxygens (including phenoxy) is 1. The first-order valence-electron chi connectivity index (χ1n) is 7.24. The molecule has 0 saturated carbocycles. The number of piperidine rings is 1. The van der Waals surface area contributed by atoms with Crippen LogP contribution in [0.25, 0.3) is 0 Å². The van der Waals surface area contributed by atoms with Crippen LogP contribution in [0.1, 0.15) is 18.4 Å². The van der Waals surface area contributed by atoms with E-state index in [1.54, 1.807) is 18.2 Å². The Labute approximate surface area is 139 Å². The maximum Gasteiger partial charge on any atom is 0.391 e. The largest absolute Gasteiger partial charge is 0.487 e. The van der Waals surface area contributed by atoms with Gasteiger partial charge in [0.1, 0.15) is 12.4 Å². The molecule has 1 saturated heterocycles. The van der Waals surface area contributed by atoms with Crippen molar-refractivity contribution in [3.05, 3.63) is 28.2 Å². The van der Waals surface area contributed by atoms with Crippen molar-refractivity contribution in [3.63, 3.8) is 0 Å². The SMILES string of the molecule is FC(F)COc1ccc(Br)cc1CN1CCC(C(F)(F)F)CC1. The first-order valence-corrected chi connectivity index (χ1v) is 8.03. The van der Waals surface area contributed by atoms with Gasteiger partial charge in [-0.25, -0.2) is 8.78 Å². The second-order valence-corrected chi connectivity index (χ2v) is 6.46. The summed E-state index contributed by atoms with van der Waals surface area (Å²) in [5, 5.41) is 0. The summed E-state index contributed by atoms with van der Waals surface area (Å²) in [6, 6.07) is 5.01. The zero-order valence-corrected chi connectivity index (χ0v) is 13.8. The second kappa shape index (κ2) is 7.79. The molecule has 1 aliphatic heterocycles. The maximum atomic E-state index is 12.7. The van der Waals surface area contributed by atoms with Crippen molar-refractivity contribution in [1.82, 2.24) is 4.90 Å². The highest BCUT2D eigenvalue weighted by atomic mass is 79.9. The molecule has 0 N–H and O–H groups in total. The molecule has 8 heteroatoms. The molecule has 0 unspecified atom stereocenters. The highest BCUT2D eigenvalue weighted by Crippen LogP contribution is 2.35. The third-order valence-electron chi connectivity index (χ3n) is 3.83. The van der Waals surface area contributed by atoms with Gasteiger partial charge in [0.25, 0.3) is 6.43 Å². The molecule has 23 heavy (non-hydrogen) atoms. The van der Waals surface area contributed by atoms with E-state index in [0.29, 0.717) is 30.9 Å². The average Bonchev–Trinajstić information content (AvgIpc) is 2.46. The van der Waals surface area contributed by atoms with Gasteiger partial charge in [0.2, 0.25) is 0 Å². The van der Waals surface area contributed by atoms with Gasteiger partial charge in [-0.05, 0) is 44.1 Å². The van der Waals surface area contributed by atoms with Crippen molar-refractivity contribution in [2.24, 2.45) is 5.92 Å². The zero-order chi connectivity index (χ0) is 17.0. The first-order chi connectivity index (χ1) is 10.8. The monoisotopic (exact) mass is 401 g/mol. The van der Waals surface area contributed by atoms with E-state index in [0.717, 1.165) is 4.47 Å². The van der Waals surface area contributed by atoms with Gasteiger partial charge in [0.05, 0.1) is 5.92 Å². The topological polar surface area (TPSA) is 12.5 Å². The number of hydrogen-bond acceptors (Lipinski definition) is 2. The number of nitrogens with zero attached hydrogens (tertiary/aromatic N) is 1. The van der Waals surface area contributed by atoms with Crippen LogP contribution in [0.3, 0.4) is 0 Å². The lowest BCUT2D eigenvalue weighted by Gasteiger charge is -2.33. The molecular weight excluding hydrogens is 385 g/mol.